The summed E-state index contributed by atoms with van der Waals surface area (Å²) in [5, 5.41) is 18.2. The maximum atomic E-state index is 11.1. The van der Waals surface area contributed by atoms with Gasteiger partial charge in [-0.3, -0.25) is 5.43 Å². The van der Waals surface area contributed by atoms with Crippen molar-refractivity contribution >= 4 is 41.1 Å². The molecule has 0 atom stereocenters. The Labute approximate surface area is 159 Å². The van der Waals surface area contributed by atoms with Gasteiger partial charge < -0.3 is 5.11 Å². The number of para-hydroxylation sites is 1. The van der Waals surface area contributed by atoms with Crippen LogP contribution < -0.4 is 5.43 Å². The summed E-state index contributed by atoms with van der Waals surface area (Å²) in [5.41, 5.74) is 5.48. The van der Waals surface area contributed by atoms with Gasteiger partial charge in [-0.1, -0.05) is 41.4 Å². The van der Waals surface area contributed by atoms with Crippen molar-refractivity contribution in [1.82, 2.24) is 9.78 Å². The summed E-state index contributed by atoms with van der Waals surface area (Å²) in [5.74, 6) is -1.11. The van der Waals surface area contributed by atoms with E-state index in [9.17, 15) is 4.79 Å². The number of benzene rings is 2. The van der Waals surface area contributed by atoms with E-state index in [1.165, 1.54) is 12.1 Å². The van der Waals surface area contributed by atoms with Crippen molar-refractivity contribution in [3.8, 4) is 5.69 Å². The van der Waals surface area contributed by atoms with Gasteiger partial charge in [-0.2, -0.15) is 10.2 Å². The number of carbonyl (C=O) groups is 1. The minimum atomic E-state index is -1.11. The fourth-order valence-corrected chi connectivity index (χ4v) is 2.85. The maximum absolute atomic E-state index is 11.1. The van der Waals surface area contributed by atoms with Crippen molar-refractivity contribution in [1.29, 1.82) is 0 Å². The van der Waals surface area contributed by atoms with Gasteiger partial charge in [0.1, 0.15) is 5.15 Å². The molecule has 132 valence electrons. The van der Waals surface area contributed by atoms with Crippen LogP contribution in [-0.2, 0) is 0 Å². The molecule has 1 aromatic heterocycles. The lowest BCUT2D eigenvalue weighted by Gasteiger charge is -2.04. The zero-order chi connectivity index (χ0) is 18.7. The highest BCUT2D eigenvalue weighted by molar-refractivity contribution is 6.33. The standard InChI is InChI=1S/C18H14Cl2N4O2/c1-11-15(17(20)24(23-11)13-5-3-2-4-6-13)10-21-22-12-7-8-16(19)14(9-12)18(25)26/h2-10,22H,1H3,(H,25,26)/b21-10-. The second-order valence-corrected chi connectivity index (χ2v) is 6.17. The van der Waals surface area contributed by atoms with Crippen molar-refractivity contribution in [3.05, 3.63) is 75.5 Å². The van der Waals surface area contributed by atoms with Crippen molar-refractivity contribution in [3.63, 3.8) is 0 Å². The number of anilines is 1. The second kappa shape index (κ2) is 7.59. The Kier molecular flexibility index (Phi) is 5.25. The monoisotopic (exact) mass is 388 g/mol. The molecule has 0 aliphatic rings. The number of halogens is 2. The molecule has 0 spiro atoms. The molecule has 2 aromatic carbocycles. The summed E-state index contributed by atoms with van der Waals surface area (Å²) in [6, 6.07) is 14.1. The average Bonchev–Trinajstić information content (AvgIpc) is 2.91. The molecule has 1 heterocycles. The van der Waals surface area contributed by atoms with Crippen LogP contribution in [0.3, 0.4) is 0 Å². The third kappa shape index (κ3) is 3.71. The first-order valence-electron chi connectivity index (χ1n) is 7.60. The molecule has 2 N–H and O–H groups in total. The van der Waals surface area contributed by atoms with E-state index >= 15 is 0 Å². The molecule has 3 aromatic rings. The minimum Gasteiger partial charge on any atom is -0.478 e. The first-order chi connectivity index (χ1) is 12.5. The number of hydrogen-bond acceptors (Lipinski definition) is 4. The van der Waals surface area contributed by atoms with E-state index in [0.717, 1.165) is 5.69 Å². The van der Waals surface area contributed by atoms with E-state index in [4.69, 9.17) is 28.3 Å². The van der Waals surface area contributed by atoms with Gasteiger partial charge in [0.25, 0.3) is 0 Å². The number of aromatic nitrogens is 2. The molecule has 0 aliphatic heterocycles. The molecule has 0 unspecified atom stereocenters. The lowest BCUT2D eigenvalue weighted by atomic mass is 10.2. The first-order valence-corrected chi connectivity index (χ1v) is 8.35. The van der Waals surface area contributed by atoms with E-state index in [-0.39, 0.29) is 10.6 Å². The van der Waals surface area contributed by atoms with Crippen LogP contribution in [-0.4, -0.2) is 27.1 Å². The molecule has 6 nitrogen and oxygen atoms in total. The number of carboxylic acids is 1. The molecule has 0 radical (unpaired) electrons. The largest absolute Gasteiger partial charge is 0.478 e. The molecule has 0 aliphatic carbocycles. The fourth-order valence-electron chi connectivity index (χ4n) is 2.33. The van der Waals surface area contributed by atoms with Gasteiger partial charge in [0.2, 0.25) is 0 Å². The summed E-state index contributed by atoms with van der Waals surface area (Å²) >= 11 is 12.3. The normalized spacial score (nSPS) is 11.0. The highest BCUT2D eigenvalue weighted by atomic mass is 35.5. The van der Waals surface area contributed by atoms with Crippen molar-refractivity contribution < 1.29 is 9.90 Å². The number of nitrogens with zero attached hydrogens (tertiary/aromatic N) is 3. The Morgan fingerprint density at radius 2 is 1.96 bits per heavy atom. The number of aryl methyl sites for hydroxylation is 1. The third-order valence-electron chi connectivity index (χ3n) is 3.63. The molecule has 26 heavy (non-hydrogen) atoms. The number of nitrogens with one attached hydrogen (secondary N) is 1. The molecule has 3 rings (SSSR count). The molecule has 0 saturated heterocycles. The van der Waals surface area contributed by atoms with Crippen LogP contribution in [0.25, 0.3) is 5.69 Å². The van der Waals surface area contributed by atoms with E-state index in [1.54, 1.807) is 17.0 Å². The van der Waals surface area contributed by atoms with Crippen LogP contribution in [0, 0.1) is 6.92 Å². The molecule has 8 heteroatoms. The van der Waals surface area contributed by atoms with Crippen molar-refractivity contribution in [2.24, 2.45) is 5.10 Å². The van der Waals surface area contributed by atoms with Crippen LogP contribution in [0.2, 0.25) is 10.2 Å². The van der Waals surface area contributed by atoms with E-state index in [1.807, 2.05) is 37.3 Å². The lowest BCUT2D eigenvalue weighted by molar-refractivity contribution is 0.0697. The Hall–Kier alpha value is -2.83. The lowest BCUT2D eigenvalue weighted by Crippen LogP contribution is -1.99. The number of hydrazone groups is 1. The molecular formula is C18H14Cl2N4O2. The van der Waals surface area contributed by atoms with Gasteiger partial charge in [0.15, 0.2) is 0 Å². The van der Waals surface area contributed by atoms with Gasteiger partial charge in [-0.15, -0.1) is 0 Å². The quantitative estimate of drug-likeness (QED) is 0.493. The maximum Gasteiger partial charge on any atom is 0.337 e. The van der Waals surface area contributed by atoms with Gasteiger partial charge in [0.05, 0.1) is 39.4 Å². The van der Waals surface area contributed by atoms with Gasteiger partial charge in [-0.25, -0.2) is 9.48 Å². The SMILES string of the molecule is Cc1nn(-c2ccccc2)c(Cl)c1/C=N\Nc1ccc(Cl)c(C(=O)O)c1. The smallest absolute Gasteiger partial charge is 0.337 e. The summed E-state index contributed by atoms with van der Waals surface area (Å²) < 4.78 is 1.63. The highest BCUT2D eigenvalue weighted by Crippen LogP contribution is 2.23. The zero-order valence-electron chi connectivity index (χ0n) is 13.6. The number of rotatable bonds is 5. The van der Waals surface area contributed by atoms with E-state index < -0.39 is 5.97 Å². The Bertz CT molecular complexity index is 984. The Balaban J connectivity index is 1.83. The molecule has 0 bridgehead atoms. The van der Waals surface area contributed by atoms with Crippen LogP contribution in [0.5, 0.6) is 0 Å². The molecule has 0 saturated carbocycles. The molecular weight excluding hydrogens is 375 g/mol. The summed E-state index contributed by atoms with van der Waals surface area (Å²) in [6.07, 6.45) is 1.54. The topological polar surface area (TPSA) is 79.5 Å². The Morgan fingerprint density at radius 3 is 2.65 bits per heavy atom. The summed E-state index contributed by atoms with van der Waals surface area (Å²) in [4.78, 5) is 11.1. The average molecular weight is 389 g/mol. The van der Waals surface area contributed by atoms with Crippen molar-refractivity contribution in [2.75, 3.05) is 5.43 Å². The van der Waals surface area contributed by atoms with Crippen LogP contribution in [0.1, 0.15) is 21.6 Å². The predicted molar refractivity (Wildman–Crippen MR) is 103 cm³/mol. The molecule has 0 fully saturated rings. The van der Waals surface area contributed by atoms with Crippen LogP contribution in [0.15, 0.2) is 53.6 Å². The number of aromatic carboxylic acids is 1. The van der Waals surface area contributed by atoms with Crippen LogP contribution >= 0.6 is 23.2 Å². The number of hydrogen-bond donors (Lipinski definition) is 2. The highest BCUT2D eigenvalue weighted by Gasteiger charge is 2.13. The van der Waals surface area contributed by atoms with E-state index in [2.05, 4.69) is 15.6 Å². The molecule has 0 amide bonds. The van der Waals surface area contributed by atoms with Crippen LogP contribution in [0.4, 0.5) is 5.69 Å². The second-order valence-electron chi connectivity index (χ2n) is 5.41. The number of carboxylic acid groups (broad SMARTS) is 1. The zero-order valence-corrected chi connectivity index (χ0v) is 15.2. The fraction of sp³-hybridized carbons (Fsp3) is 0.0556. The predicted octanol–water partition coefficient (Wildman–Crippen LogP) is 4.63. The first kappa shape index (κ1) is 18.0. The van der Waals surface area contributed by atoms with Gasteiger partial charge in [0, 0.05) is 0 Å². The van der Waals surface area contributed by atoms with E-state index in [0.29, 0.717) is 22.1 Å². The summed E-state index contributed by atoms with van der Waals surface area (Å²) in [6.45, 7) is 1.83. The minimum absolute atomic E-state index is 0.00187. The van der Waals surface area contributed by atoms with Crippen molar-refractivity contribution in [2.45, 2.75) is 6.92 Å². The third-order valence-corrected chi connectivity index (χ3v) is 4.33. The Morgan fingerprint density at radius 1 is 1.23 bits per heavy atom. The van der Waals surface area contributed by atoms with Gasteiger partial charge >= 0.3 is 5.97 Å². The summed E-state index contributed by atoms with van der Waals surface area (Å²) in [7, 11) is 0. The van der Waals surface area contributed by atoms with Gasteiger partial charge in [-0.05, 0) is 37.3 Å².